The van der Waals surface area contributed by atoms with E-state index in [1.54, 1.807) is 6.07 Å². The zero-order valence-electron chi connectivity index (χ0n) is 9.94. The molecule has 0 unspecified atom stereocenters. The van der Waals surface area contributed by atoms with Crippen molar-refractivity contribution in [2.75, 3.05) is 5.32 Å². The Morgan fingerprint density at radius 2 is 2.00 bits per heavy atom. The van der Waals surface area contributed by atoms with Gasteiger partial charge in [-0.2, -0.15) is 0 Å². The summed E-state index contributed by atoms with van der Waals surface area (Å²) < 4.78 is 0. The normalized spacial score (nSPS) is 10.2. The summed E-state index contributed by atoms with van der Waals surface area (Å²) >= 11 is 7.32. The summed E-state index contributed by atoms with van der Waals surface area (Å²) in [6.45, 7) is 1.91. The summed E-state index contributed by atoms with van der Waals surface area (Å²) in [5.74, 6) is -1.32. The van der Waals surface area contributed by atoms with Crippen LogP contribution in [0.1, 0.15) is 24.9 Å². The molecule has 0 aliphatic rings. The van der Waals surface area contributed by atoms with E-state index < -0.39 is 5.97 Å². The number of rotatable bonds is 3. The molecule has 1 aromatic carbocycles. The molecule has 1 heterocycles. The van der Waals surface area contributed by atoms with E-state index in [9.17, 15) is 9.59 Å². The minimum absolute atomic E-state index is 0.0787. The molecule has 0 fully saturated rings. The van der Waals surface area contributed by atoms with Gasteiger partial charge in [0.05, 0.1) is 21.2 Å². The Morgan fingerprint density at radius 1 is 1.26 bits per heavy atom. The van der Waals surface area contributed by atoms with Crippen LogP contribution in [0.3, 0.4) is 0 Å². The van der Waals surface area contributed by atoms with Gasteiger partial charge in [-0.25, -0.2) is 4.79 Å². The number of carbonyl (C=O) groups is 2. The fourth-order valence-electron chi connectivity index (χ4n) is 1.49. The van der Waals surface area contributed by atoms with Gasteiger partial charge in [0.2, 0.25) is 0 Å². The number of hydrogen-bond donors (Lipinski definition) is 2. The molecule has 0 bridgehead atoms. The fraction of sp³-hybridized carbons (Fsp3) is 0.0769. The lowest BCUT2D eigenvalue weighted by Crippen LogP contribution is -2.10. The molecule has 98 valence electrons. The van der Waals surface area contributed by atoms with Crippen LogP contribution in [0.5, 0.6) is 0 Å². The van der Waals surface area contributed by atoms with E-state index in [1.165, 1.54) is 29.5 Å². The second-order valence-corrected chi connectivity index (χ2v) is 5.56. The lowest BCUT2D eigenvalue weighted by atomic mass is 10.2. The van der Waals surface area contributed by atoms with Crippen LogP contribution in [0.4, 0.5) is 5.69 Å². The van der Waals surface area contributed by atoms with Crippen molar-refractivity contribution in [3.05, 3.63) is 50.7 Å². The number of nitrogens with one attached hydrogen (secondary N) is 1. The topological polar surface area (TPSA) is 66.4 Å². The fourth-order valence-corrected chi connectivity index (χ4v) is 2.48. The van der Waals surface area contributed by atoms with Crippen LogP contribution in [0.2, 0.25) is 5.02 Å². The molecule has 0 saturated heterocycles. The number of carbonyl (C=O) groups excluding carboxylic acids is 1. The number of hydrogen-bond acceptors (Lipinski definition) is 3. The molecule has 0 radical (unpaired) electrons. The highest BCUT2D eigenvalue weighted by Gasteiger charge is 2.12. The molecule has 0 atom stereocenters. The van der Waals surface area contributed by atoms with Gasteiger partial charge in [-0.3, -0.25) is 4.79 Å². The Morgan fingerprint density at radius 3 is 2.53 bits per heavy atom. The zero-order chi connectivity index (χ0) is 14.0. The van der Waals surface area contributed by atoms with Gasteiger partial charge in [-0.05, 0) is 37.3 Å². The molecule has 0 saturated carbocycles. The van der Waals surface area contributed by atoms with Gasteiger partial charge in [0.1, 0.15) is 0 Å². The lowest BCUT2D eigenvalue weighted by Gasteiger charge is -2.06. The molecule has 6 heteroatoms. The first-order valence-corrected chi connectivity index (χ1v) is 6.57. The Balaban J connectivity index is 2.20. The van der Waals surface area contributed by atoms with Gasteiger partial charge in [-0.15, -0.1) is 11.3 Å². The molecular formula is C13H10ClNO3S. The molecule has 0 aliphatic carbocycles. The smallest absolute Gasteiger partial charge is 0.335 e. The number of benzene rings is 1. The summed E-state index contributed by atoms with van der Waals surface area (Å²) in [4.78, 5) is 24.3. The molecular weight excluding hydrogens is 286 g/mol. The third kappa shape index (κ3) is 3.13. The Bertz CT molecular complexity index is 651. The quantitative estimate of drug-likeness (QED) is 0.908. The standard InChI is InChI=1S/C13H10ClNO3S/c1-7-2-5-11(19-7)12(16)15-10-4-3-8(13(17)18)6-9(10)14/h2-6H,1H3,(H,15,16)(H,17,18). The average Bonchev–Trinajstić information content (AvgIpc) is 2.78. The second-order valence-electron chi connectivity index (χ2n) is 3.86. The van der Waals surface area contributed by atoms with E-state index in [0.29, 0.717) is 10.6 Å². The minimum atomic E-state index is -1.06. The van der Waals surface area contributed by atoms with Crippen LogP contribution >= 0.6 is 22.9 Å². The van der Waals surface area contributed by atoms with Gasteiger partial charge in [0.25, 0.3) is 5.91 Å². The first kappa shape index (κ1) is 13.6. The maximum absolute atomic E-state index is 11.9. The largest absolute Gasteiger partial charge is 0.478 e. The molecule has 1 amide bonds. The van der Waals surface area contributed by atoms with Crippen molar-refractivity contribution in [1.29, 1.82) is 0 Å². The minimum Gasteiger partial charge on any atom is -0.478 e. The maximum Gasteiger partial charge on any atom is 0.335 e. The van der Waals surface area contributed by atoms with E-state index in [-0.39, 0.29) is 16.5 Å². The highest BCUT2D eigenvalue weighted by Crippen LogP contribution is 2.24. The van der Waals surface area contributed by atoms with Crippen molar-refractivity contribution in [2.24, 2.45) is 0 Å². The van der Waals surface area contributed by atoms with E-state index in [0.717, 1.165) is 4.88 Å². The number of anilines is 1. The number of aryl methyl sites for hydroxylation is 1. The number of aromatic carboxylic acids is 1. The molecule has 0 spiro atoms. The van der Waals surface area contributed by atoms with Gasteiger partial charge in [0.15, 0.2) is 0 Å². The first-order valence-electron chi connectivity index (χ1n) is 5.38. The molecule has 4 nitrogen and oxygen atoms in total. The predicted molar refractivity (Wildman–Crippen MR) is 75.4 cm³/mol. The number of halogens is 1. The molecule has 2 rings (SSSR count). The highest BCUT2D eigenvalue weighted by atomic mass is 35.5. The Kier molecular flexibility index (Phi) is 3.87. The van der Waals surface area contributed by atoms with Crippen molar-refractivity contribution in [1.82, 2.24) is 0 Å². The van der Waals surface area contributed by atoms with Gasteiger partial charge < -0.3 is 10.4 Å². The van der Waals surface area contributed by atoms with E-state index in [2.05, 4.69) is 5.32 Å². The Hall–Kier alpha value is -1.85. The van der Waals surface area contributed by atoms with E-state index in [1.807, 2.05) is 13.0 Å². The summed E-state index contributed by atoms with van der Waals surface area (Å²) in [7, 11) is 0. The van der Waals surface area contributed by atoms with E-state index >= 15 is 0 Å². The van der Waals surface area contributed by atoms with Crippen molar-refractivity contribution < 1.29 is 14.7 Å². The molecule has 2 N–H and O–H groups in total. The monoisotopic (exact) mass is 295 g/mol. The zero-order valence-corrected chi connectivity index (χ0v) is 11.5. The third-order valence-electron chi connectivity index (χ3n) is 2.43. The lowest BCUT2D eigenvalue weighted by molar-refractivity contribution is 0.0696. The van der Waals surface area contributed by atoms with Crippen LogP contribution in [0, 0.1) is 6.92 Å². The van der Waals surface area contributed by atoms with Crippen LogP contribution in [-0.4, -0.2) is 17.0 Å². The van der Waals surface area contributed by atoms with Crippen LogP contribution < -0.4 is 5.32 Å². The maximum atomic E-state index is 11.9. The predicted octanol–water partition coefficient (Wildman–Crippen LogP) is 3.66. The summed E-state index contributed by atoms with van der Waals surface area (Å²) in [6.07, 6.45) is 0. The summed E-state index contributed by atoms with van der Waals surface area (Å²) in [6, 6.07) is 7.76. The van der Waals surface area contributed by atoms with Crippen LogP contribution in [-0.2, 0) is 0 Å². The molecule has 1 aromatic heterocycles. The summed E-state index contributed by atoms with van der Waals surface area (Å²) in [5.41, 5.74) is 0.470. The van der Waals surface area contributed by atoms with Crippen molar-refractivity contribution >= 4 is 40.5 Å². The van der Waals surface area contributed by atoms with Crippen molar-refractivity contribution in [3.8, 4) is 0 Å². The van der Waals surface area contributed by atoms with E-state index in [4.69, 9.17) is 16.7 Å². The van der Waals surface area contributed by atoms with Crippen molar-refractivity contribution in [2.45, 2.75) is 6.92 Å². The number of carboxylic acids is 1. The first-order chi connectivity index (χ1) is 8.97. The number of carboxylic acid groups (broad SMARTS) is 1. The summed E-state index contributed by atoms with van der Waals surface area (Å²) in [5, 5.41) is 11.7. The highest BCUT2D eigenvalue weighted by molar-refractivity contribution is 7.14. The average molecular weight is 296 g/mol. The van der Waals surface area contributed by atoms with Gasteiger partial charge >= 0.3 is 5.97 Å². The van der Waals surface area contributed by atoms with Crippen molar-refractivity contribution in [3.63, 3.8) is 0 Å². The third-order valence-corrected chi connectivity index (χ3v) is 3.74. The second kappa shape index (κ2) is 5.42. The number of amides is 1. The van der Waals surface area contributed by atoms with Crippen LogP contribution in [0.25, 0.3) is 0 Å². The van der Waals surface area contributed by atoms with Gasteiger partial charge in [-0.1, -0.05) is 11.6 Å². The Labute approximate surface area is 118 Å². The SMILES string of the molecule is Cc1ccc(C(=O)Nc2ccc(C(=O)O)cc2Cl)s1. The molecule has 2 aromatic rings. The molecule has 0 aliphatic heterocycles. The van der Waals surface area contributed by atoms with Crippen LogP contribution in [0.15, 0.2) is 30.3 Å². The number of thiophene rings is 1. The van der Waals surface area contributed by atoms with Gasteiger partial charge in [0, 0.05) is 4.88 Å². The molecule has 19 heavy (non-hydrogen) atoms.